The Labute approximate surface area is 189 Å². The van der Waals surface area contributed by atoms with Gasteiger partial charge in [-0.1, -0.05) is 24.3 Å². The predicted octanol–water partition coefficient (Wildman–Crippen LogP) is 3.37. The summed E-state index contributed by atoms with van der Waals surface area (Å²) in [5, 5.41) is 6.54. The molecule has 0 saturated heterocycles. The van der Waals surface area contributed by atoms with Crippen LogP contribution in [-0.4, -0.2) is 27.5 Å². The summed E-state index contributed by atoms with van der Waals surface area (Å²) in [5.74, 6) is 0.641. The molecule has 2 aromatic rings. The van der Waals surface area contributed by atoms with E-state index in [2.05, 4.69) is 39.4 Å². The van der Waals surface area contributed by atoms with Crippen molar-refractivity contribution in [2.24, 2.45) is 4.99 Å². The SMILES string of the molecule is CN=C(NCc1ccc(C)s1)NCc1ccccc1CS(=O)(=O)NC(C)C.I. The average molecular weight is 537 g/mol. The molecule has 6 nitrogen and oxygen atoms in total. The van der Waals surface area contributed by atoms with Gasteiger partial charge >= 0.3 is 0 Å². The first kappa shape index (κ1) is 24.9. The summed E-state index contributed by atoms with van der Waals surface area (Å²) in [4.78, 5) is 6.75. The van der Waals surface area contributed by atoms with Crippen molar-refractivity contribution in [1.82, 2.24) is 15.4 Å². The molecule has 1 aromatic carbocycles. The maximum Gasteiger partial charge on any atom is 0.216 e. The monoisotopic (exact) mass is 536 g/mol. The van der Waals surface area contributed by atoms with E-state index in [4.69, 9.17) is 0 Å². The molecule has 9 heteroatoms. The van der Waals surface area contributed by atoms with Gasteiger partial charge in [0.15, 0.2) is 5.96 Å². The van der Waals surface area contributed by atoms with E-state index in [9.17, 15) is 8.42 Å². The van der Waals surface area contributed by atoms with Gasteiger partial charge in [0, 0.05) is 29.4 Å². The van der Waals surface area contributed by atoms with Gasteiger partial charge in [-0.3, -0.25) is 4.99 Å². The molecule has 0 aliphatic rings. The first-order valence-electron chi connectivity index (χ1n) is 8.85. The molecule has 1 aromatic heterocycles. The zero-order valence-corrected chi connectivity index (χ0v) is 20.6. The van der Waals surface area contributed by atoms with Crippen molar-refractivity contribution in [1.29, 1.82) is 0 Å². The molecular weight excluding hydrogens is 507 g/mol. The van der Waals surface area contributed by atoms with E-state index in [0.29, 0.717) is 19.0 Å². The van der Waals surface area contributed by atoms with Crippen LogP contribution in [0.5, 0.6) is 0 Å². The highest BCUT2D eigenvalue weighted by molar-refractivity contribution is 14.0. The zero-order chi connectivity index (χ0) is 19.9. The number of sulfonamides is 1. The van der Waals surface area contributed by atoms with Gasteiger partial charge in [0.05, 0.1) is 12.3 Å². The zero-order valence-electron chi connectivity index (χ0n) is 16.7. The lowest BCUT2D eigenvalue weighted by Gasteiger charge is -2.15. The van der Waals surface area contributed by atoms with E-state index >= 15 is 0 Å². The molecule has 156 valence electrons. The minimum absolute atomic E-state index is 0. The third-order valence-electron chi connectivity index (χ3n) is 3.78. The number of guanidine groups is 1. The van der Waals surface area contributed by atoms with Crippen molar-refractivity contribution in [2.75, 3.05) is 7.05 Å². The number of halogens is 1. The van der Waals surface area contributed by atoms with Gasteiger partial charge in [-0.25, -0.2) is 13.1 Å². The first-order valence-corrected chi connectivity index (χ1v) is 11.3. The van der Waals surface area contributed by atoms with Crippen LogP contribution in [-0.2, 0) is 28.9 Å². The number of rotatable bonds is 8. The number of benzene rings is 1. The third kappa shape index (κ3) is 8.46. The van der Waals surface area contributed by atoms with E-state index in [1.165, 1.54) is 9.75 Å². The van der Waals surface area contributed by atoms with Gasteiger partial charge in [-0.15, -0.1) is 35.3 Å². The number of nitrogens with zero attached hydrogens (tertiary/aromatic N) is 1. The molecular formula is C19H29IN4O2S2. The van der Waals surface area contributed by atoms with E-state index < -0.39 is 10.0 Å². The molecule has 0 saturated carbocycles. The van der Waals surface area contributed by atoms with Crippen molar-refractivity contribution in [3.8, 4) is 0 Å². The molecule has 2 rings (SSSR count). The van der Waals surface area contributed by atoms with Crippen LogP contribution in [0.25, 0.3) is 0 Å². The normalized spacial score (nSPS) is 12.0. The summed E-state index contributed by atoms with van der Waals surface area (Å²) in [6.45, 7) is 6.91. The molecule has 1 heterocycles. The van der Waals surface area contributed by atoms with Crippen LogP contribution in [0.4, 0.5) is 0 Å². The summed E-state index contributed by atoms with van der Waals surface area (Å²) in [6, 6.07) is 11.6. The Hall–Kier alpha value is -1.17. The maximum absolute atomic E-state index is 12.3. The van der Waals surface area contributed by atoms with E-state index in [0.717, 1.165) is 11.1 Å². The van der Waals surface area contributed by atoms with Gasteiger partial charge in [0.1, 0.15) is 0 Å². The van der Waals surface area contributed by atoms with Crippen molar-refractivity contribution in [2.45, 2.75) is 45.7 Å². The molecule has 0 spiro atoms. The largest absolute Gasteiger partial charge is 0.352 e. The van der Waals surface area contributed by atoms with Crippen molar-refractivity contribution >= 4 is 51.3 Å². The minimum Gasteiger partial charge on any atom is -0.352 e. The fourth-order valence-electron chi connectivity index (χ4n) is 2.63. The molecule has 3 N–H and O–H groups in total. The number of aryl methyl sites for hydroxylation is 1. The van der Waals surface area contributed by atoms with Crippen LogP contribution >= 0.6 is 35.3 Å². The van der Waals surface area contributed by atoms with Gasteiger partial charge < -0.3 is 10.6 Å². The van der Waals surface area contributed by atoms with Crippen molar-refractivity contribution in [3.63, 3.8) is 0 Å². The average Bonchev–Trinajstić information content (AvgIpc) is 3.00. The topological polar surface area (TPSA) is 82.6 Å². The summed E-state index contributed by atoms with van der Waals surface area (Å²) < 4.78 is 27.1. The van der Waals surface area contributed by atoms with E-state index in [1.807, 2.05) is 38.1 Å². The van der Waals surface area contributed by atoms with E-state index in [1.54, 1.807) is 18.4 Å². The Morgan fingerprint density at radius 3 is 2.29 bits per heavy atom. The van der Waals surface area contributed by atoms with Crippen LogP contribution in [0.15, 0.2) is 41.4 Å². The summed E-state index contributed by atoms with van der Waals surface area (Å²) in [7, 11) is -1.65. The van der Waals surface area contributed by atoms with Crippen LogP contribution in [0.3, 0.4) is 0 Å². The van der Waals surface area contributed by atoms with Crippen LogP contribution in [0.2, 0.25) is 0 Å². The summed E-state index contributed by atoms with van der Waals surface area (Å²) in [6.07, 6.45) is 0. The molecule has 0 atom stereocenters. The fraction of sp³-hybridized carbons (Fsp3) is 0.421. The molecule has 0 bridgehead atoms. The number of thiophene rings is 1. The van der Waals surface area contributed by atoms with Crippen molar-refractivity contribution < 1.29 is 8.42 Å². The molecule has 0 radical (unpaired) electrons. The highest BCUT2D eigenvalue weighted by Gasteiger charge is 2.15. The lowest BCUT2D eigenvalue weighted by molar-refractivity contribution is 0.568. The fourth-order valence-corrected chi connectivity index (χ4v) is 4.95. The van der Waals surface area contributed by atoms with Gasteiger partial charge in [0.25, 0.3) is 0 Å². The number of nitrogens with one attached hydrogen (secondary N) is 3. The Balaban J connectivity index is 0.00000392. The molecule has 0 fully saturated rings. The molecule has 0 unspecified atom stereocenters. The lowest BCUT2D eigenvalue weighted by Crippen LogP contribution is -2.36. The highest BCUT2D eigenvalue weighted by atomic mass is 127. The molecule has 0 aliphatic heterocycles. The quantitative estimate of drug-likeness (QED) is 0.275. The number of hydrogen-bond donors (Lipinski definition) is 3. The standard InChI is InChI=1S/C19H28N4O2S2.HI/c1-14(2)23-27(24,25)13-17-8-6-5-7-16(17)11-21-19(20-4)22-12-18-10-9-15(3)26-18;/h5-10,14,23H,11-13H2,1-4H3,(H2,20,21,22);1H. The Bertz CT molecular complexity index is 880. The molecule has 0 amide bonds. The third-order valence-corrected chi connectivity index (χ3v) is 6.30. The second kappa shape index (κ2) is 11.7. The second-order valence-corrected chi connectivity index (χ2v) is 9.72. The Morgan fingerprint density at radius 2 is 1.71 bits per heavy atom. The van der Waals surface area contributed by atoms with Gasteiger partial charge in [-0.05, 0) is 44.0 Å². The maximum atomic E-state index is 12.3. The Kier molecular flexibility index (Phi) is 10.4. The van der Waals surface area contributed by atoms with Gasteiger partial charge in [-0.2, -0.15) is 0 Å². The van der Waals surface area contributed by atoms with Crippen LogP contribution < -0.4 is 15.4 Å². The van der Waals surface area contributed by atoms with E-state index in [-0.39, 0.29) is 35.8 Å². The van der Waals surface area contributed by atoms with Crippen molar-refractivity contribution in [3.05, 3.63) is 57.3 Å². The summed E-state index contributed by atoms with van der Waals surface area (Å²) >= 11 is 1.75. The smallest absolute Gasteiger partial charge is 0.216 e. The molecule has 28 heavy (non-hydrogen) atoms. The lowest BCUT2D eigenvalue weighted by atomic mass is 10.1. The Morgan fingerprint density at radius 1 is 1.07 bits per heavy atom. The highest BCUT2D eigenvalue weighted by Crippen LogP contribution is 2.15. The minimum atomic E-state index is -3.37. The number of aliphatic imine (C=N–C) groups is 1. The van der Waals surface area contributed by atoms with Crippen LogP contribution in [0.1, 0.15) is 34.7 Å². The summed E-state index contributed by atoms with van der Waals surface area (Å²) in [5.41, 5.74) is 1.71. The second-order valence-electron chi connectivity index (χ2n) is 6.59. The first-order chi connectivity index (χ1) is 12.8. The molecule has 0 aliphatic carbocycles. The van der Waals surface area contributed by atoms with Gasteiger partial charge in [0.2, 0.25) is 10.0 Å². The van der Waals surface area contributed by atoms with Crippen LogP contribution in [0, 0.1) is 6.92 Å². The number of hydrogen-bond acceptors (Lipinski definition) is 4. The predicted molar refractivity (Wildman–Crippen MR) is 129 cm³/mol.